The van der Waals surface area contributed by atoms with Crippen molar-refractivity contribution in [2.75, 3.05) is 26.2 Å². The number of nitrogens with zero attached hydrogens (tertiary/aromatic N) is 3. The van der Waals surface area contributed by atoms with Gasteiger partial charge in [0.15, 0.2) is 5.69 Å². The lowest BCUT2D eigenvalue weighted by Crippen LogP contribution is -2.42. The summed E-state index contributed by atoms with van der Waals surface area (Å²) in [6, 6.07) is 8.57. The highest BCUT2D eigenvalue weighted by Gasteiger charge is 2.20. The molecule has 1 aromatic carbocycles. The highest BCUT2D eigenvalue weighted by molar-refractivity contribution is 6.05. The van der Waals surface area contributed by atoms with Crippen molar-refractivity contribution in [2.45, 2.75) is 51.1 Å². The van der Waals surface area contributed by atoms with Gasteiger partial charge in [0.2, 0.25) is 0 Å². The van der Waals surface area contributed by atoms with Crippen molar-refractivity contribution in [3.63, 3.8) is 0 Å². The Hall–Kier alpha value is -2.77. The number of hydrogen-bond acceptors (Lipinski definition) is 5. The monoisotopic (exact) mass is 432 g/mol. The van der Waals surface area contributed by atoms with Crippen molar-refractivity contribution in [3.8, 4) is 11.1 Å². The van der Waals surface area contributed by atoms with Crippen molar-refractivity contribution in [3.05, 3.63) is 47.9 Å². The summed E-state index contributed by atoms with van der Waals surface area (Å²) in [7, 11) is 0. The number of amides is 1. The summed E-state index contributed by atoms with van der Waals surface area (Å²) in [6.07, 6.45) is 11.0. The van der Waals surface area contributed by atoms with Crippen LogP contribution >= 0.6 is 0 Å². The van der Waals surface area contributed by atoms with E-state index in [2.05, 4.69) is 48.9 Å². The lowest BCUT2D eigenvalue weighted by Gasteiger charge is -2.23. The first-order chi connectivity index (χ1) is 15.8. The maximum absolute atomic E-state index is 12.9. The van der Waals surface area contributed by atoms with Gasteiger partial charge in [-0.3, -0.25) is 19.8 Å². The molecular weight excluding hydrogens is 400 g/mol. The zero-order chi connectivity index (χ0) is 21.8. The molecule has 1 amide bonds. The van der Waals surface area contributed by atoms with Crippen LogP contribution in [0.3, 0.4) is 0 Å². The average molecular weight is 433 g/mol. The molecule has 2 fully saturated rings. The molecule has 0 saturated carbocycles. The van der Waals surface area contributed by atoms with Crippen molar-refractivity contribution < 1.29 is 4.79 Å². The quantitative estimate of drug-likeness (QED) is 0.575. The van der Waals surface area contributed by atoms with Crippen LogP contribution in [-0.4, -0.2) is 58.2 Å². The fourth-order valence-corrected chi connectivity index (χ4v) is 4.87. The molecule has 2 aliphatic rings. The molecule has 2 aliphatic heterocycles. The zero-order valence-corrected chi connectivity index (χ0v) is 18.6. The van der Waals surface area contributed by atoms with E-state index in [1.54, 1.807) is 0 Å². The van der Waals surface area contributed by atoms with E-state index in [1.807, 2.05) is 18.5 Å². The first-order valence-corrected chi connectivity index (χ1v) is 11.9. The molecule has 4 heterocycles. The van der Waals surface area contributed by atoms with Gasteiger partial charge in [0.1, 0.15) is 0 Å². The molecule has 0 aliphatic carbocycles. The lowest BCUT2D eigenvalue weighted by molar-refractivity contribution is 0.0926. The van der Waals surface area contributed by atoms with E-state index in [1.165, 1.54) is 44.3 Å². The number of aromatic amines is 1. The maximum atomic E-state index is 12.9. The van der Waals surface area contributed by atoms with Crippen LogP contribution in [-0.2, 0) is 6.54 Å². The first-order valence-electron chi connectivity index (χ1n) is 11.9. The average Bonchev–Trinajstić information content (AvgIpc) is 3.08. The number of carbonyl (C=O) groups is 1. The smallest absolute Gasteiger partial charge is 0.272 e. The highest BCUT2D eigenvalue weighted by atomic mass is 16.2. The number of piperidine rings is 1. The van der Waals surface area contributed by atoms with Crippen LogP contribution in [0.5, 0.6) is 0 Å². The molecule has 0 bridgehead atoms. The number of nitrogens with one attached hydrogen (secondary N) is 3. The predicted octanol–water partition coefficient (Wildman–Crippen LogP) is 3.48. The van der Waals surface area contributed by atoms with E-state index in [-0.39, 0.29) is 11.9 Å². The Kier molecular flexibility index (Phi) is 6.46. The molecule has 0 atom stereocenters. The number of fused-ring (bicyclic) bond motifs is 1. The zero-order valence-electron chi connectivity index (χ0n) is 18.6. The van der Waals surface area contributed by atoms with E-state index in [9.17, 15) is 4.79 Å². The summed E-state index contributed by atoms with van der Waals surface area (Å²) in [6.45, 7) is 5.16. The minimum absolute atomic E-state index is 0.103. The normalized spacial score (nSPS) is 18.5. The van der Waals surface area contributed by atoms with Crippen molar-refractivity contribution in [1.29, 1.82) is 0 Å². The second-order valence-corrected chi connectivity index (χ2v) is 9.10. The Labute approximate surface area is 189 Å². The second-order valence-electron chi connectivity index (χ2n) is 9.10. The number of likely N-dealkylation sites (tertiary alicyclic amines) is 1. The molecule has 3 N–H and O–H groups in total. The molecule has 32 heavy (non-hydrogen) atoms. The number of hydrogen-bond donors (Lipinski definition) is 3. The highest BCUT2D eigenvalue weighted by Crippen LogP contribution is 2.26. The molecule has 0 radical (unpaired) electrons. The molecule has 3 aromatic rings. The van der Waals surface area contributed by atoms with Gasteiger partial charge in [0.05, 0.1) is 5.52 Å². The van der Waals surface area contributed by atoms with E-state index in [0.717, 1.165) is 54.5 Å². The third-order valence-corrected chi connectivity index (χ3v) is 6.69. The number of aromatic nitrogens is 3. The van der Waals surface area contributed by atoms with Crippen LogP contribution in [0.1, 0.15) is 54.6 Å². The molecular formula is C25H32N6O. The predicted molar refractivity (Wildman–Crippen MR) is 126 cm³/mol. The first kappa shape index (κ1) is 21.1. The topological polar surface area (TPSA) is 85.9 Å². The van der Waals surface area contributed by atoms with Crippen molar-refractivity contribution in [1.82, 2.24) is 30.7 Å². The van der Waals surface area contributed by atoms with Crippen LogP contribution in [0.15, 0.2) is 36.7 Å². The van der Waals surface area contributed by atoms with Crippen LogP contribution < -0.4 is 10.6 Å². The fraction of sp³-hybridized carbons (Fsp3) is 0.480. The Morgan fingerprint density at radius 2 is 1.84 bits per heavy atom. The van der Waals surface area contributed by atoms with Crippen molar-refractivity contribution >= 4 is 16.8 Å². The van der Waals surface area contributed by atoms with Gasteiger partial charge in [0, 0.05) is 35.9 Å². The number of benzene rings is 1. The fourth-order valence-electron chi connectivity index (χ4n) is 4.87. The Morgan fingerprint density at radius 3 is 2.66 bits per heavy atom. The number of carbonyl (C=O) groups excluding carboxylic acids is 1. The van der Waals surface area contributed by atoms with Gasteiger partial charge >= 0.3 is 0 Å². The van der Waals surface area contributed by atoms with Gasteiger partial charge in [0.25, 0.3) is 5.91 Å². The second kappa shape index (κ2) is 9.79. The van der Waals surface area contributed by atoms with Gasteiger partial charge in [-0.2, -0.15) is 5.10 Å². The summed E-state index contributed by atoms with van der Waals surface area (Å²) in [5.74, 6) is -0.103. The number of rotatable bonds is 5. The van der Waals surface area contributed by atoms with Gasteiger partial charge in [-0.1, -0.05) is 18.9 Å². The Balaban J connectivity index is 1.36. The van der Waals surface area contributed by atoms with Crippen LogP contribution in [0.25, 0.3) is 22.0 Å². The summed E-state index contributed by atoms with van der Waals surface area (Å²) < 4.78 is 0. The molecule has 5 rings (SSSR count). The molecule has 7 nitrogen and oxygen atoms in total. The van der Waals surface area contributed by atoms with Gasteiger partial charge < -0.3 is 10.6 Å². The van der Waals surface area contributed by atoms with Crippen molar-refractivity contribution in [2.24, 2.45) is 0 Å². The van der Waals surface area contributed by atoms with E-state index in [4.69, 9.17) is 0 Å². The minimum Gasteiger partial charge on any atom is -0.348 e. The van der Waals surface area contributed by atoms with Gasteiger partial charge in [-0.25, -0.2) is 0 Å². The molecule has 2 aromatic heterocycles. The number of H-pyrrole nitrogens is 1. The largest absolute Gasteiger partial charge is 0.348 e. The van der Waals surface area contributed by atoms with Gasteiger partial charge in [-0.15, -0.1) is 0 Å². The SMILES string of the molecule is O=C(NC1CCNCC1)c1n[nH]c2ccc(-c3cncc(CN4CCCCCC4)c3)cc12. The number of pyridine rings is 1. The third kappa shape index (κ3) is 4.84. The van der Waals surface area contributed by atoms with Gasteiger partial charge in [-0.05, 0) is 81.2 Å². The Bertz CT molecular complexity index is 1060. The standard InChI is InChI=1S/C25H32N6O/c32-25(28-21-7-9-26-10-8-21)24-22-14-19(5-6-23(22)29-30-24)20-13-18(15-27-16-20)17-31-11-3-1-2-4-12-31/h5-6,13-16,21,26H,1-4,7-12,17H2,(H,28,32)(H,29,30). The van der Waals surface area contributed by atoms with Crippen LogP contribution in [0.4, 0.5) is 0 Å². The summed E-state index contributed by atoms with van der Waals surface area (Å²) in [4.78, 5) is 20.0. The Morgan fingerprint density at radius 1 is 1.03 bits per heavy atom. The molecule has 0 unspecified atom stereocenters. The molecule has 168 valence electrons. The minimum atomic E-state index is -0.103. The summed E-state index contributed by atoms with van der Waals surface area (Å²) in [5.41, 5.74) is 4.71. The lowest BCUT2D eigenvalue weighted by atomic mass is 10.0. The molecule has 0 spiro atoms. The van der Waals surface area contributed by atoms with Crippen LogP contribution in [0.2, 0.25) is 0 Å². The van der Waals surface area contributed by atoms with E-state index >= 15 is 0 Å². The van der Waals surface area contributed by atoms with E-state index < -0.39 is 0 Å². The molecule has 2 saturated heterocycles. The van der Waals surface area contributed by atoms with Crippen LogP contribution in [0, 0.1) is 0 Å². The summed E-state index contributed by atoms with van der Waals surface area (Å²) >= 11 is 0. The van der Waals surface area contributed by atoms with E-state index in [0.29, 0.717) is 5.69 Å². The third-order valence-electron chi connectivity index (χ3n) is 6.69. The molecule has 7 heteroatoms. The summed E-state index contributed by atoms with van der Waals surface area (Å²) in [5, 5.41) is 14.7. The maximum Gasteiger partial charge on any atom is 0.272 e.